The lowest BCUT2D eigenvalue weighted by Gasteiger charge is -1.99. The van der Waals surface area contributed by atoms with Gasteiger partial charge < -0.3 is 9.94 Å². The minimum Gasteiger partial charge on any atom is -0.479 e. The van der Waals surface area contributed by atoms with Gasteiger partial charge in [-0.25, -0.2) is 4.79 Å². The van der Waals surface area contributed by atoms with Crippen molar-refractivity contribution < 1.29 is 24.3 Å². The largest absolute Gasteiger partial charge is 0.479 e. The van der Waals surface area contributed by atoms with E-state index in [0.717, 1.165) is 11.8 Å². The Hall–Kier alpha value is -0.890. The van der Waals surface area contributed by atoms with Crippen LogP contribution in [0.1, 0.15) is 0 Å². The van der Waals surface area contributed by atoms with Crippen molar-refractivity contribution in [1.82, 2.24) is 0 Å². The summed E-state index contributed by atoms with van der Waals surface area (Å²) in [5, 5.41) is 10.8. The van der Waals surface area contributed by atoms with Crippen LogP contribution in [0.5, 0.6) is 0 Å². The molecule has 0 aromatic heterocycles. The lowest BCUT2D eigenvalue weighted by Crippen LogP contribution is -2.23. The van der Waals surface area contributed by atoms with Gasteiger partial charge in [0.1, 0.15) is 0 Å². The SMILES string of the molecule is CSC(=O)C(=NOCC(=O)O)C(=O)CBr. The van der Waals surface area contributed by atoms with E-state index in [4.69, 9.17) is 5.11 Å². The number of Topliss-reactive ketones (excluding diaryl/α,β-unsaturated/α-hetero) is 1. The Balaban J connectivity index is 4.55. The van der Waals surface area contributed by atoms with Crippen molar-refractivity contribution in [2.75, 3.05) is 18.2 Å². The summed E-state index contributed by atoms with van der Waals surface area (Å²) < 4.78 is 0. The fourth-order valence-electron chi connectivity index (χ4n) is 0.514. The summed E-state index contributed by atoms with van der Waals surface area (Å²) in [6.07, 6.45) is 1.48. The Morgan fingerprint density at radius 2 is 2.07 bits per heavy atom. The average molecular weight is 298 g/mol. The minimum absolute atomic E-state index is 0.0748. The van der Waals surface area contributed by atoms with Crippen LogP contribution in [-0.4, -0.2) is 45.9 Å². The first-order valence-electron chi connectivity index (χ1n) is 3.62. The first-order valence-corrected chi connectivity index (χ1v) is 5.96. The van der Waals surface area contributed by atoms with Gasteiger partial charge in [-0.3, -0.25) is 9.59 Å². The smallest absolute Gasteiger partial charge is 0.344 e. The molecule has 0 aliphatic carbocycles. The fraction of sp³-hybridized carbons (Fsp3) is 0.429. The molecule has 0 fully saturated rings. The number of carbonyl (C=O) groups is 3. The van der Waals surface area contributed by atoms with Crippen LogP contribution in [-0.2, 0) is 19.2 Å². The van der Waals surface area contributed by atoms with Gasteiger partial charge in [-0.15, -0.1) is 0 Å². The number of nitrogens with zero attached hydrogens (tertiary/aromatic N) is 1. The molecule has 0 saturated carbocycles. The third-order valence-corrected chi connectivity index (χ3v) is 2.18. The van der Waals surface area contributed by atoms with Gasteiger partial charge in [0.25, 0.3) is 0 Å². The highest BCUT2D eigenvalue weighted by Crippen LogP contribution is 2.01. The Kier molecular flexibility index (Phi) is 6.97. The van der Waals surface area contributed by atoms with Crippen LogP contribution >= 0.6 is 27.7 Å². The molecule has 0 bridgehead atoms. The van der Waals surface area contributed by atoms with Crippen molar-refractivity contribution in [3.05, 3.63) is 0 Å². The van der Waals surface area contributed by atoms with E-state index in [1.54, 1.807) is 0 Å². The zero-order valence-electron chi connectivity index (χ0n) is 7.73. The maximum atomic E-state index is 11.2. The number of rotatable bonds is 6. The van der Waals surface area contributed by atoms with Gasteiger partial charge in [-0.05, 0) is 6.26 Å². The van der Waals surface area contributed by atoms with E-state index in [9.17, 15) is 14.4 Å². The van der Waals surface area contributed by atoms with Crippen molar-refractivity contribution in [3.63, 3.8) is 0 Å². The number of hydrogen-bond acceptors (Lipinski definition) is 6. The molecule has 0 rings (SSSR count). The van der Waals surface area contributed by atoms with Crippen molar-refractivity contribution in [1.29, 1.82) is 0 Å². The molecule has 84 valence electrons. The number of alkyl halides is 1. The highest BCUT2D eigenvalue weighted by atomic mass is 79.9. The van der Waals surface area contributed by atoms with Crippen molar-refractivity contribution in [2.24, 2.45) is 5.16 Å². The number of ketones is 1. The number of thioether (sulfide) groups is 1. The first kappa shape index (κ1) is 14.1. The summed E-state index contributed by atoms with van der Waals surface area (Å²) in [5.74, 6) is -1.79. The van der Waals surface area contributed by atoms with E-state index in [1.165, 1.54) is 6.26 Å². The molecule has 0 amide bonds. The number of carboxylic acid groups (broad SMARTS) is 1. The zero-order valence-corrected chi connectivity index (χ0v) is 10.1. The van der Waals surface area contributed by atoms with Crippen LogP contribution in [0.15, 0.2) is 5.16 Å². The third-order valence-electron chi connectivity index (χ3n) is 1.11. The Labute approximate surface area is 98.2 Å². The Morgan fingerprint density at radius 1 is 1.47 bits per heavy atom. The summed E-state index contributed by atoms with van der Waals surface area (Å²) in [7, 11) is 0. The second kappa shape index (κ2) is 7.41. The lowest BCUT2D eigenvalue weighted by molar-refractivity contribution is -0.142. The van der Waals surface area contributed by atoms with Crippen LogP contribution < -0.4 is 0 Å². The molecule has 8 heteroatoms. The molecule has 0 unspecified atom stereocenters. The lowest BCUT2D eigenvalue weighted by atomic mass is 10.3. The quantitative estimate of drug-likeness (QED) is 0.328. The van der Waals surface area contributed by atoms with Gasteiger partial charge in [-0.1, -0.05) is 32.8 Å². The summed E-state index contributed by atoms with van der Waals surface area (Å²) in [5.41, 5.74) is -0.402. The van der Waals surface area contributed by atoms with Gasteiger partial charge in [0.2, 0.25) is 17.4 Å². The molecule has 0 aliphatic heterocycles. The molecule has 0 saturated heterocycles. The normalized spacial score (nSPS) is 10.9. The maximum absolute atomic E-state index is 11.2. The molecule has 0 aromatic carbocycles. The zero-order chi connectivity index (χ0) is 11.8. The molecule has 0 heterocycles. The highest BCUT2D eigenvalue weighted by molar-refractivity contribution is 9.09. The average Bonchev–Trinajstić information content (AvgIpc) is 2.22. The Morgan fingerprint density at radius 3 is 2.47 bits per heavy atom. The van der Waals surface area contributed by atoms with E-state index < -0.39 is 29.2 Å². The molecule has 1 N–H and O–H groups in total. The van der Waals surface area contributed by atoms with E-state index >= 15 is 0 Å². The van der Waals surface area contributed by atoms with Crippen LogP contribution in [0.25, 0.3) is 0 Å². The van der Waals surface area contributed by atoms with E-state index in [1.807, 2.05) is 0 Å². The van der Waals surface area contributed by atoms with E-state index in [-0.39, 0.29) is 5.33 Å². The summed E-state index contributed by atoms with van der Waals surface area (Å²) in [6, 6.07) is 0. The molecule has 0 aliphatic rings. The molecule has 0 spiro atoms. The van der Waals surface area contributed by atoms with E-state index in [0.29, 0.717) is 0 Å². The summed E-state index contributed by atoms with van der Waals surface area (Å²) in [6.45, 7) is -0.694. The van der Waals surface area contributed by atoms with Gasteiger partial charge >= 0.3 is 5.97 Å². The van der Waals surface area contributed by atoms with Crippen LogP contribution in [0.3, 0.4) is 0 Å². The Bertz CT molecular complexity index is 286. The third kappa shape index (κ3) is 5.53. The molecule has 0 radical (unpaired) electrons. The van der Waals surface area contributed by atoms with E-state index in [2.05, 4.69) is 25.9 Å². The topological polar surface area (TPSA) is 93.0 Å². The number of carbonyl (C=O) groups excluding carboxylic acids is 2. The van der Waals surface area contributed by atoms with Crippen molar-refractivity contribution in [3.8, 4) is 0 Å². The predicted molar refractivity (Wildman–Crippen MR) is 58.3 cm³/mol. The van der Waals surface area contributed by atoms with Gasteiger partial charge in [0.05, 0.1) is 5.33 Å². The minimum atomic E-state index is -1.24. The molecule has 6 nitrogen and oxygen atoms in total. The molecular formula is C7H8BrNO5S. The monoisotopic (exact) mass is 297 g/mol. The number of oxime groups is 1. The van der Waals surface area contributed by atoms with Gasteiger partial charge in [-0.2, -0.15) is 0 Å². The number of aliphatic carboxylic acids is 1. The van der Waals surface area contributed by atoms with Crippen molar-refractivity contribution >= 4 is 50.3 Å². The predicted octanol–water partition coefficient (Wildman–Crippen LogP) is 0.297. The molecule has 15 heavy (non-hydrogen) atoms. The standard InChI is InChI=1S/C7H8BrNO5S/c1-15-7(13)6(4(10)2-8)9-14-3-5(11)12/h2-3H2,1H3,(H,11,12). The first-order chi connectivity index (χ1) is 7.02. The maximum Gasteiger partial charge on any atom is 0.344 e. The number of hydrogen-bond donors (Lipinski definition) is 1. The van der Waals surface area contributed by atoms with Gasteiger partial charge in [0, 0.05) is 0 Å². The molecular weight excluding hydrogens is 290 g/mol. The van der Waals surface area contributed by atoms with Crippen LogP contribution in [0.2, 0.25) is 0 Å². The summed E-state index contributed by atoms with van der Waals surface area (Å²) >= 11 is 3.67. The van der Waals surface area contributed by atoms with Gasteiger partial charge in [0.15, 0.2) is 5.78 Å². The number of carboxylic acids is 1. The van der Waals surface area contributed by atoms with Crippen molar-refractivity contribution in [2.45, 2.75) is 0 Å². The second-order valence-electron chi connectivity index (χ2n) is 2.16. The highest BCUT2D eigenvalue weighted by Gasteiger charge is 2.19. The fourth-order valence-corrected chi connectivity index (χ4v) is 1.12. The number of halogens is 1. The molecule has 0 atom stereocenters. The molecule has 0 aromatic rings. The second-order valence-corrected chi connectivity index (χ2v) is 3.50. The van der Waals surface area contributed by atoms with Crippen LogP contribution in [0.4, 0.5) is 0 Å². The van der Waals surface area contributed by atoms with Crippen LogP contribution in [0, 0.1) is 0 Å². The summed E-state index contributed by atoms with van der Waals surface area (Å²) in [4.78, 5) is 36.7.